The molecule has 2 aromatic rings. The first kappa shape index (κ1) is 21.3. The summed E-state index contributed by atoms with van der Waals surface area (Å²) in [5.74, 6) is 3.07. The Bertz CT molecular complexity index is 611. The normalized spacial score (nSPS) is 13.9. The van der Waals surface area contributed by atoms with Gasteiger partial charge in [0.1, 0.15) is 11.5 Å². The predicted octanol–water partition coefficient (Wildman–Crippen LogP) is 6.86. The van der Waals surface area contributed by atoms with Crippen molar-refractivity contribution in [2.45, 2.75) is 59.8 Å². The minimum Gasteiger partial charge on any atom is -0.493 e. The Morgan fingerprint density at radius 2 is 1.00 bits per heavy atom. The van der Waals surface area contributed by atoms with Crippen LogP contribution in [0, 0.1) is 11.8 Å². The highest BCUT2D eigenvalue weighted by molar-refractivity contribution is 5.41. The van der Waals surface area contributed by atoms with Gasteiger partial charge in [0.2, 0.25) is 0 Å². The van der Waals surface area contributed by atoms with Crippen LogP contribution in [-0.4, -0.2) is 13.2 Å². The average molecular weight is 369 g/mol. The molecule has 2 aromatic carbocycles. The molecule has 2 nitrogen and oxygen atoms in total. The molecule has 2 atom stereocenters. The zero-order valence-electron chi connectivity index (χ0n) is 17.9. The Hall–Kier alpha value is -1.96. The van der Waals surface area contributed by atoms with Crippen LogP contribution in [0.3, 0.4) is 0 Å². The van der Waals surface area contributed by atoms with Crippen LogP contribution in [0.15, 0.2) is 48.5 Å². The van der Waals surface area contributed by atoms with E-state index in [4.69, 9.17) is 9.47 Å². The first-order chi connectivity index (χ1) is 12.9. The molecule has 0 aliphatic rings. The first-order valence-corrected chi connectivity index (χ1v) is 10.3. The van der Waals surface area contributed by atoms with E-state index in [9.17, 15) is 0 Å². The molecule has 0 radical (unpaired) electrons. The molecule has 0 N–H and O–H groups in total. The minimum atomic E-state index is -0.0650. The lowest BCUT2D eigenvalue weighted by Gasteiger charge is -2.26. The van der Waals surface area contributed by atoms with Gasteiger partial charge in [-0.15, -0.1) is 0 Å². The van der Waals surface area contributed by atoms with Crippen molar-refractivity contribution in [2.24, 2.45) is 11.8 Å². The largest absolute Gasteiger partial charge is 0.493 e. The van der Waals surface area contributed by atoms with Gasteiger partial charge in [0.05, 0.1) is 13.2 Å². The molecule has 0 heterocycles. The maximum atomic E-state index is 5.89. The monoisotopic (exact) mass is 368 g/mol. The number of rotatable bonds is 10. The van der Waals surface area contributed by atoms with Crippen molar-refractivity contribution in [3.63, 3.8) is 0 Å². The van der Waals surface area contributed by atoms with Crippen LogP contribution in [0.1, 0.15) is 65.5 Å². The van der Waals surface area contributed by atoms with Gasteiger partial charge in [-0.05, 0) is 47.2 Å². The molecule has 148 valence electrons. The van der Waals surface area contributed by atoms with Gasteiger partial charge in [-0.1, -0.05) is 78.6 Å². The predicted molar refractivity (Wildman–Crippen MR) is 115 cm³/mol. The molecule has 27 heavy (non-hydrogen) atoms. The third kappa shape index (κ3) is 6.02. The lowest BCUT2D eigenvalue weighted by Crippen LogP contribution is -2.19. The SMILES string of the molecule is CCC(C)COc1ccc(C(C)(C)c2ccc(OCC(C)CC)cc2)cc1. The van der Waals surface area contributed by atoms with Crippen LogP contribution in [0.5, 0.6) is 11.5 Å². The molecule has 2 heteroatoms. The number of hydrogen-bond donors (Lipinski definition) is 0. The lowest BCUT2D eigenvalue weighted by molar-refractivity contribution is 0.256. The Kier molecular flexibility index (Phi) is 7.77. The Labute approximate surface area is 165 Å². The summed E-state index contributed by atoms with van der Waals surface area (Å²) in [6.45, 7) is 14.9. The smallest absolute Gasteiger partial charge is 0.119 e. The lowest BCUT2D eigenvalue weighted by atomic mass is 9.78. The molecule has 0 fully saturated rings. The van der Waals surface area contributed by atoms with E-state index in [-0.39, 0.29) is 5.41 Å². The highest BCUT2D eigenvalue weighted by atomic mass is 16.5. The van der Waals surface area contributed by atoms with Crippen molar-refractivity contribution >= 4 is 0 Å². The maximum absolute atomic E-state index is 5.89. The second kappa shape index (κ2) is 9.82. The minimum absolute atomic E-state index is 0.0650. The molecule has 0 saturated heterocycles. The van der Waals surface area contributed by atoms with Gasteiger partial charge >= 0.3 is 0 Å². The molecule has 0 saturated carbocycles. The van der Waals surface area contributed by atoms with Crippen LogP contribution in [0.2, 0.25) is 0 Å². The van der Waals surface area contributed by atoms with Crippen LogP contribution in [0.25, 0.3) is 0 Å². The van der Waals surface area contributed by atoms with E-state index in [1.54, 1.807) is 0 Å². The Morgan fingerprint density at radius 3 is 1.30 bits per heavy atom. The molecule has 0 bridgehead atoms. The van der Waals surface area contributed by atoms with Gasteiger partial charge in [0.25, 0.3) is 0 Å². The molecule has 2 rings (SSSR count). The van der Waals surface area contributed by atoms with Crippen LogP contribution >= 0.6 is 0 Å². The molecule has 0 aliphatic heterocycles. The van der Waals surface area contributed by atoms with Crippen LogP contribution in [-0.2, 0) is 5.41 Å². The summed E-state index contributed by atoms with van der Waals surface area (Å²) >= 11 is 0. The highest BCUT2D eigenvalue weighted by Gasteiger charge is 2.23. The van der Waals surface area contributed by atoms with E-state index in [0.29, 0.717) is 11.8 Å². The maximum Gasteiger partial charge on any atom is 0.119 e. The average Bonchev–Trinajstić information content (AvgIpc) is 2.70. The molecular formula is C25H36O2. The Balaban J connectivity index is 2.04. The van der Waals surface area contributed by atoms with Gasteiger partial charge in [-0.2, -0.15) is 0 Å². The van der Waals surface area contributed by atoms with E-state index in [1.807, 2.05) is 0 Å². The first-order valence-electron chi connectivity index (χ1n) is 10.3. The van der Waals surface area contributed by atoms with Crippen molar-refractivity contribution in [3.8, 4) is 11.5 Å². The quantitative estimate of drug-likeness (QED) is 0.456. The van der Waals surface area contributed by atoms with E-state index < -0.39 is 0 Å². The summed E-state index contributed by atoms with van der Waals surface area (Å²) in [7, 11) is 0. The third-order valence-electron chi connectivity index (χ3n) is 5.61. The van der Waals surface area contributed by atoms with Gasteiger partial charge in [-0.25, -0.2) is 0 Å². The van der Waals surface area contributed by atoms with Crippen LogP contribution < -0.4 is 9.47 Å². The van der Waals surface area contributed by atoms with Gasteiger partial charge in [-0.3, -0.25) is 0 Å². The van der Waals surface area contributed by atoms with Gasteiger partial charge < -0.3 is 9.47 Å². The van der Waals surface area contributed by atoms with Crippen molar-refractivity contribution < 1.29 is 9.47 Å². The fourth-order valence-corrected chi connectivity index (χ4v) is 2.81. The fourth-order valence-electron chi connectivity index (χ4n) is 2.81. The molecule has 0 aliphatic carbocycles. The van der Waals surface area contributed by atoms with E-state index in [0.717, 1.165) is 37.6 Å². The summed E-state index contributed by atoms with van der Waals surface area (Å²) in [4.78, 5) is 0. The summed E-state index contributed by atoms with van der Waals surface area (Å²) in [5, 5.41) is 0. The molecule has 0 spiro atoms. The second-order valence-corrected chi connectivity index (χ2v) is 8.32. The summed E-state index contributed by atoms with van der Waals surface area (Å²) in [5.41, 5.74) is 2.50. The zero-order valence-corrected chi connectivity index (χ0v) is 17.9. The summed E-state index contributed by atoms with van der Waals surface area (Å²) in [6, 6.07) is 17.1. The number of benzene rings is 2. The third-order valence-corrected chi connectivity index (χ3v) is 5.61. The van der Waals surface area contributed by atoms with Crippen molar-refractivity contribution in [1.82, 2.24) is 0 Å². The highest BCUT2D eigenvalue weighted by Crippen LogP contribution is 2.33. The molecule has 2 unspecified atom stereocenters. The molecule has 0 amide bonds. The van der Waals surface area contributed by atoms with Crippen LogP contribution in [0.4, 0.5) is 0 Å². The fraction of sp³-hybridized carbons (Fsp3) is 0.520. The van der Waals surface area contributed by atoms with Gasteiger partial charge in [0.15, 0.2) is 0 Å². The van der Waals surface area contributed by atoms with E-state index in [1.165, 1.54) is 11.1 Å². The second-order valence-electron chi connectivity index (χ2n) is 8.32. The summed E-state index contributed by atoms with van der Waals surface area (Å²) < 4.78 is 11.8. The zero-order chi connectivity index (χ0) is 19.9. The van der Waals surface area contributed by atoms with E-state index >= 15 is 0 Å². The summed E-state index contributed by atoms with van der Waals surface area (Å²) in [6.07, 6.45) is 2.28. The van der Waals surface area contributed by atoms with Crippen molar-refractivity contribution in [3.05, 3.63) is 59.7 Å². The number of hydrogen-bond acceptors (Lipinski definition) is 2. The molecule has 0 aromatic heterocycles. The van der Waals surface area contributed by atoms with Crippen molar-refractivity contribution in [1.29, 1.82) is 0 Å². The van der Waals surface area contributed by atoms with Gasteiger partial charge in [0, 0.05) is 5.41 Å². The Morgan fingerprint density at radius 1 is 0.667 bits per heavy atom. The topological polar surface area (TPSA) is 18.5 Å². The van der Waals surface area contributed by atoms with Crippen molar-refractivity contribution in [2.75, 3.05) is 13.2 Å². The number of ether oxygens (including phenoxy) is 2. The standard InChI is InChI=1S/C25H36O2/c1-7-19(3)17-26-23-13-9-21(10-14-23)25(5,6)22-11-15-24(16-12-22)27-18-20(4)8-2/h9-16,19-20H,7-8,17-18H2,1-6H3. The van der Waals surface area contributed by atoms with E-state index in [2.05, 4.69) is 90.1 Å². The molecular weight excluding hydrogens is 332 g/mol.